The van der Waals surface area contributed by atoms with Gasteiger partial charge in [0, 0.05) is 6.42 Å². The average Bonchev–Trinajstić information content (AvgIpc) is 2.50. The fraction of sp³-hybridized carbons (Fsp3) is 0.350. The number of carbonyl (C=O) groups is 1. The molecule has 2 nitrogen and oxygen atoms in total. The van der Waals surface area contributed by atoms with E-state index in [1.807, 2.05) is 6.92 Å². The Morgan fingerprint density at radius 3 is 2.30 bits per heavy atom. The van der Waals surface area contributed by atoms with Crippen LogP contribution < -0.4 is 5.32 Å². The van der Waals surface area contributed by atoms with E-state index in [9.17, 15) is 9.18 Å². The molecule has 0 fully saturated rings. The number of hydrogen-bond acceptors (Lipinski definition) is 1. The van der Waals surface area contributed by atoms with E-state index < -0.39 is 0 Å². The zero-order chi connectivity index (χ0) is 17.0. The van der Waals surface area contributed by atoms with Crippen LogP contribution in [-0.2, 0) is 11.2 Å². The number of aryl methyl sites for hydroxylation is 4. The Morgan fingerprint density at radius 1 is 1.04 bits per heavy atom. The van der Waals surface area contributed by atoms with Crippen LogP contribution in [0.25, 0.3) is 0 Å². The van der Waals surface area contributed by atoms with Crippen molar-refractivity contribution in [2.24, 2.45) is 0 Å². The Morgan fingerprint density at radius 2 is 1.65 bits per heavy atom. The van der Waals surface area contributed by atoms with Crippen molar-refractivity contribution in [3.63, 3.8) is 0 Å². The smallest absolute Gasteiger partial charge is 0.220 e. The molecule has 2 aromatic carbocycles. The lowest BCUT2D eigenvalue weighted by molar-refractivity contribution is -0.121. The highest BCUT2D eigenvalue weighted by Gasteiger charge is 2.13. The molecule has 0 spiro atoms. The van der Waals surface area contributed by atoms with Gasteiger partial charge in [0.2, 0.25) is 5.91 Å². The van der Waals surface area contributed by atoms with Gasteiger partial charge in [-0.1, -0.05) is 24.3 Å². The Kier molecular flexibility index (Phi) is 5.54. The maximum absolute atomic E-state index is 12.9. The molecular formula is C20H24FNO. The fourth-order valence-corrected chi connectivity index (χ4v) is 2.75. The van der Waals surface area contributed by atoms with E-state index in [0.29, 0.717) is 12.8 Å². The minimum Gasteiger partial charge on any atom is -0.350 e. The number of nitrogens with one attached hydrogen (secondary N) is 1. The first kappa shape index (κ1) is 17.2. The first-order valence-corrected chi connectivity index (χ1v) is 7.98. The van der Waals surface area contributed by atoms with Gasteiger partial charge in [0.15, 0.2) is 0 Å². The minimum absolute atomic E-state index is 0.0134. The molecule has 0 aliphatic heterocycles. The molecule has 122 valence electrons. The van der Waals surface area contributed by atoms with Gasteiger partial charge in [-0.3, -0.25) is 4.79 Å². The molecule has 0 saturated carbocycles. The Balaban J connectivity index is 1.94. The molecule has 0 heterocycles. The topological polar surface area (TPSA) is 29.1 Å². The van der Waals surface area contributed by atoms with E-state index in [1.54, 1.807) is 12.1 Å². The molecule has 23 heavy (non-hydrogen) atoms. The monoisotopic (exact) mass is 313 g/mol. The molecule has 0 saturated heterocycles. The Bertz CT molecular complexity index is 692. The molecule has 0 bridgehead atoms. The van der Waals surface area contributed by atoms with Crippen LogP contribution in [0.4, 0.5) is 4.39 Å². The van der Waals surface area contributed by atoms with Crippen molar-refractivity contribution in [2.75, 3.05) is 0 Å². The van der Waals surface area contributed by atoms with Crippen molar-refractivity contribution in [3.8, 4) is 0 Å². The molecule has 1 atom stereocenters. The van der Waals surface area contributed by atoms with Crippen molar-refractivity contribution >= 4 is 5.91 Å². The van der Waals surface area contributed by atoms with Gasteiger partial charge >= 0.3 is 0 Å². The predicted molar refractivity (Wildman–Crippen MR) is 91.9 cm³/mol. The molecule has 2 rings (SSSR count). The number of rotatable bonds is 5. The lowest BCUT2D eigenvalue weighted by Gasteiger charge is -2.18. The third-order valence-corrected chi connectivity index (χ3v) is 4.28. The Labute approximate surface area is 137 Å². The molecule has 0 aliphatic rings. The highest BCUT2D eigenvalue weighted by Crippen LogP contribution is 2.21. The second-order valence-corrected chi connectivity index (χ2v) is 6.21. The summed E-state index contributed by atoms with van der Waals surface area (Å²) in [6.45, 7) is 8.26. The number of benzene rings is 2. The Hall–Kier alpha value is -2.16. The zero-order valence-corrected chi connectivity index (χ0v) is 14.2. The molecule has 0 radical (unpaired) electrons. The first-order chi connectivity index (χ1) is 10.9. The van der Waals surface area contributed by atoms with Gasteiger partial charge < -0.3 is 5.32 Å². The van der Waals surface area contributed by atoms with Gasteiger partial charge in [-0.25, -0.2) is 4.39 Å². The van der Waals surface area contributed by atoms with Gasteiger partial charge in [0.25, 0.3) is 0 Å². The summed E-state index contributed by atoms with van der Waals surface area (Å²) in [4.78, 5) is 12.1. The van der Waals surface area contributed by atoms with Crippen LogP contribution in [0.5, 0.6) is 0 Å². The lowest BCUT2D eigenvalue weighted by atomic mass is 9.96. The van der Waals surface area contributed by atoms with E-state index in [1.165, 1.54) is 28.8 Å². The molecule has 2 aromatic rings. The summed E-state index contributed by atoms with van der Waals surface area (Å²) in [6, 6.07) is 10.6. The van der Waals surface area contributed by atoms with E-state index in [2.05, 4.69) is 38.2 Å². The molecular weight excluding hydrogens is 289 g/mol. The first-order valence-electron chi connectivity index (χ1n) is 7.98. The minimum atomic E-state index is -0.253. The second kappa shape index (κ2) is 7.40. The van der Waals surface area contributed by atoms with Crippen molar-refractivity contribution in [3.05, 3.63) is 70.0 Å². The number of amides is 1. The summed E-state index contributed by atoms with van der Waals surface area (Å²) in [5.74, 6) is -0.239. The standard InChI is InChI=1S/C20H24FNO/c1-13-11-15(3)19(12-14(13)2)16(4)22-20(23)10-7-17-5-8-18(21)9-6-17/h5-6,8-9,11-12,16H,7,10H2,1-4H3,(H,22,23)/t16-/m0/s1. The van der Waals surface area contributed by atoms with Crippen molar-refractivity contribution in [1.82, 2.24) is 5.32 Å². The molecule has 0 unspecified atom stereocenters. The third-order valence-electron chi connectivity index (χ3n) is 4.28. The highest BCUT2D eigenvalue weighted by molar-refractivity contribution is 5.76. The van der Waals surface area contributed by atoms with Crippen molar-refractivity contribution in [2.45, 2.75) is 46.6 Å². The summed E-state index contributed by atoms with van der Waals surface area (Å²) in [5.41, 5.74) is 5.82. The van der Waals surface area contributed by atoms with E-state index >= 15 is 0 Å². The van der Waals surface area contributed by atoms with Crippen LogP contribution in [0.1, 0.15) is 47.2 Å². The maximum Gasteiger partial charge on any atom is 0.220 e. The summed E-state index contributed by atoms with van der Waals surface area (Å²) >= 11 is 0. The van der Waals surface area contributed by atoms with Crippen molar-refractivity contribution < 1.29 is 9.18 Å². The van der Waals surface area contributed by atoms with Gasteiger partial charge in [0.05, 0.1) is 6.04 Å². The number of halogens is 1. The van der Waals surface area contributed by atoms with E-state index in [0.717, 1.165) is 11.1 Å². The SMILES string of the molecule is Cc1cc(C)c([C@H](C)NC(=O)CCc2ccc(F)cc2)cc1C. The summed E-state index contributed by atoms with van der Waals surface area (Å²) in [5, 5.41) is 3.05. The number of hydrogen-bond donors (Lipinski definition) is 1. The van der Waals surface area contributed by atoms with Gasteiger partial charge in [-0.05, 0) is 74.1 Å². The fourth-order valence-electron chi connectivity index (χ4n) is 2.75. The van der Waals surface area contributed by atoms with E-state index in [4.69, 9.17) is 0 Å². The lowest BCUT2D eigenvalue weighted by Crippen LogP contribution is -2.27. The summed E-state index contributed by atoms with van der Waals surface area (Å²) in [6.07, 6.45) is 1.02. The van der Waals surface area contributed by atoms with Crippen LogP contribution in [0.15, 0.2) is 36.4 Å². The molecule has 1 N–H and O–H groups in total. The number of carbonyl (C=O) groups excluding carboxylic acids is 1. The molecule has 0 aliphatic carbocycles. The highest BCUT2D eigenvalue weighted by atomic mass is 19.1. The summed E-state index contributed by atoms with van der Waals surface area (Å²) in [7, 11) is 0. The van der Waals surface area contributed by atoms with Gasteiger partial charge in [-0.15, -0.1) is 0 Å². The molecule has 0 aromatic heterocycles. The van der Waals surface area contributed by atoms with Crippen LogP contribution in [0, 0.1) is 26.6 Å². The van der Waals surface area contributed by atoms with E-state index in [-0.39, 0.29) is 17.8 Å². The molecule has 3 heteroatoms. The van der Waals surface area contributed by atoms with Crippen LogP contribution in [0.2, 0.25) is 0 Å². The summed E-state index contributed by atoms with van der Waals surface area (Å²) < 4.78 is 12.9. The maximum atomic E-state index is 12.9. The zero-order valence-electron chi connectivity index (χ0n) is 14.2. The quantitative estimate of drug-likeness (QED) is 0.861. The second-order valence-electron chi connectivity index (χ2n) is 6.21. The van der Waals surface area contributed by atoms with Crippen LogP contribution in [0.3, 0.4) is 0 Å². The predicted octanol–water partition coefficient (Wildman–Crippen LogP) is 4.56. The van der Waals surface area contributed by atoms with Crippen LogP contribution in [-0.4, -0.2) is 5.91 Å². The van der Waals surface area contributed by atoms with Crippen molar-refractivity contribution in [1.29, 1.82) is 0 Å². The normalized spacial score (nSPS) is 12.0. The third kappa shape index (κ3) is 4.65. The largest absolute Gasteiger partial charge is 0.350 e. The van der Waals surface area contributed by atoms with Gasteiger partial charge in [-0.2, -0.15) is 0 Å². The molecule has 1 amide bonds. The average molecular weight is 313 g/mol. The van der Waals surface area contributed by atoms with Crippen LogP contribution >= 0.6 is 0 Å². The van der Waals surface area contributed by atoms with Gasteiger partial charge in [0.1, 0.15) is 5.82 Å².